The van der Waals surface area contributed by atoms with Crippen LogP contribution in [0.1, 0.15) is 11.1 Å². The Morgan fingerprint density at radius 1 is 1.23 bits per heavy atom. The molecule has 2 aromatic rings. The minimum atomic E-state index is -0.0473. The summed E-state index contributed by atoms with van der Waals surface area (Å²) in [5.74, 6) is 0.671. The van der Waals surface area contributed by atoms with Crippen molar-refractivity contribution >= 4 is 17.7 Å². The maximum Gasteiger partial charge on any atom is 0.251 e. The van der Waals surface area contributed by atoms with Crippen LogP contribution in [0, 0.1) is 0 Å². The van der Waals surface area contributed by atoms with Crippen molar-refractivity contribution in [3.8, 4) is 5.75 Å². The molecule has 0 radical (unpaired) electrons. The molecule has 0 saturated carbocycles. The fourth-order valence-electron chi connectivity index (χ4n) is 2.44. The van der Waals surface area contributed by atoms with Crippen molar-refractivity contribution in [2.75, 3.05) is 18.1 Å². The van der Waals surface area contributed by atoms with Crippen LogP contribution in [0.2, 0.25) is 0 Å². The van der Waals surface area contributed by atoms with Crippen molar-refractivity contribution in [1.82, 2.24) is 0 Å². The first-order valence-electron chi connectivity index (χ1n) is 7.28. The number of carbonyl (C=O) groups is 1. The zero-order valence-corrected chi connectivity index (χ0v) is 12.2. The van der Waals surface area contributed by atoms with Gasteiger partial charge in [0.2, 0.25) is 0 Å². The van der Waals surface area contributed by atoms with Gasteiger partial charge in [0, 0.05) is 12.6 Å². The van der Waals surface area contributed by atoms with Crippen molar-refractivity contribution in [1.29, 1.82) is 0 Å². The normalized spacial score (nSPS) is 13.8. The number of carbonyl (C=O) groups excluding carboxylic acids is 1. The van der Waals surface area contributed by atoms with Crippen LogP contribution in [0.3, 0.4) is 0 Å². The van der Waals surface area contributed by atoms with E-state index in [1.807, 2.05) is 54.6 Å². The lowest BCUT2D eigenvalue weighted by molar-refractivity contribution is -0.114. The molecule has 3 rings (SSSR count). The minimum absolute atomic E-state index is 0.0473. The van der Waals surface area contributed by atoms with Gasteiger partial charge in [0.05, 0.1) is 12.2 Å². The van der Waals surface area contributed by atoms with Crippen LogP contribution in [-0.4, -0.2) is 19.1 Å². The summed E-state index contributed by atoms with van der Waals surface area (Å²) in [6, 6.07) is 15.5. The first kappa shape index (κ1) is 14.4. The lowest BCUT2D eigenvalue weighted by Crippen LogP contribution is -2.36. The van der Waals surface area contributed by atoms with E-state index < -0.39 is 0 Å². The SMILES string of the molecule is NCc1ccc2c(c1)OCCN2C(=O)/C=C/c1ccccc1. The highest BCUT2D eigenvalue weighted by molar-refractivity contribution is 6.05. The Balaban J connectivity index is 1.81. The van der Waals surface area contributed by atoms with E-state index in [4.69, 9.17) is 10.5 Å². The van der Waals surface area contributed by atoms with Gasteiger partial charge in [0.1, 0.15) is 12.4 Å². The predicted molar refractivity (Wildman–Crippen MR) is 87.7 cm³/mol. The zero-order valence-electron chi connectivity index (χ0n) is 12.2. The van der Waals surface area contributed by atoms with Gasteiger partial charge in [-0.1, -0.05) is 36.4 Å². The van der Waals surface area contributed by atoms with Crippen molar-refractivity contribution in [2.45, 2.75) is 6.54 Å². The summed E-state index contributed by atoms with van der Waals surface area (Å²) in [4.78, 5) is 14.2. The minimum Gasteiger partial charge on any atom is -0.490 e. The van der Waals surface area contributed by atoms with Gasteiger partial charge in [-0.3, -0.25) is 4.79 Å². The number of ether oxygens (including phenoxy) is 1. The standard InChI is InChI=1S/C18H18N2O2/c19-13-15-6-8-16-17(12-15)22-11-10-20(16)18(21)9-7-14-4-2-1-3-5-14/h1-9,12H,10-11,13,19H2/b9-7+. The number of anilines is 1. The molecule has 0 aromatic heterocycles. The van der Waals surface area contributed by atoms with E-state index in [1.54, 1.807) is 11.0 Å². The summed E-state index contributed by atoms with van der Waals surface area (Å²) in [6.45, 7) is 1.50. The van der Waals surface area contributed by atoms with Crippen LogP contribution in [0.25, 0.3) is 6.08 Å². The van der Waals surface area contributed by atoms with Crippen LogP contribution < -0.4 is 15.4 Å². The second-order valence-corrected chi connectivity index (χ2v) is 5.09. The quantitative estimate of drug-likeness (QED) is 0.885. The predicted octanol–water partition coefficient (Wildman–Crippen LogP) is 2.58. The van der Waals surface area contributed by atoms with Gasteiger partial charge in [-0.15, -0.1) is 0 Å². The van der Waals surface area contributed by atoms with Crippen LogP contribution >= 0.6 is 0 Å². The fourth-order valence-corrected chi connectivity index (χ4v) is 2.44. The molecule has 0 unspecified atom stereocenters. The van der Waals surface area contributed by atoms with E-state index in [0.717, 1.165) is 22.6 Å². The number of hydrogen-bond donors (Lipinski definition) is 1. The van der Waals surface area contributed by atoms with Crippen molar-refractivity contribution in [3.05, 3.63) is 65.7 Å². The average molecular weight is 294 g/mol. The van der Waals surface area contributed by atoms with Gasteiger partial charge in [0.25, 0.3) is 5.91 Å². The molecule has 22 heavy (non-hydrogen) atoms. The van der Waals surface area contributed by atoms with Crippen molar-refractivity contribution in [2.24, 2.45) is 5.73 Å². The second-order valence-electron chi connectivity index (χ2n) is 5.09. The Hall–Kier alpha value is -2.59. The topological polar surface area (TPSA) is 55.6 Å². The second kappa shape index (κ2) is 6.45. The third kappa shape index (κ3) is 3.02. The molecule has 2 aromatic carbocycles. The smallest absolute Gasteiger partial charge is 0.251 e. The Bertz CT molecular complexity index is 695. The number of amides is 1. The lowest BCUT2D eigenvalue weighted by Gasteiger charge is -2.29. The fraction of sp³-hybridized carbons (Fsp3) is 0.167. The summed E-state index contributed by atoms with van der Waals surface area (Å²) in [5, 5.41) is 0. The molecular formula is C18H18N2O2. The summed E-state index contributed by atoms with van der Waals surface area (Å²) < 4.78 is 5.64. The van der Waals surface area contributed by atoms with E-state index in [-0.39, 0.29) is 5.91 Å². The molecule has 0 atom stereocenters. The Morgan fingerprint density at radius 3 is 2.82 bits per heavy atom. The first-order valence-corrected chi connectivity index (χ1v) is 7.28. The molecular weight excluding hydrogens is 276 g/mol. The number of benzene rings is 2. The first-order chi connectivity index (χ1) is 10.8. The van der Waals surface area contributed by atoms with Gasteiger partial charge >= 0.3 is 0 Å². The molecule has 0 bridgehead atoms. The third-order valence-corrected chi connectivity index (χ3v) is 3.61. The van der Waals surface area contributed by atoms with E-state index in [9.17, 15) is 4.79 Å². The number of nitrogens with two attached hydrogens (primary N) is 1. The highest BCUT2D eigenvalue weighted by Crippen LogP contribution is 2.32. The number of nitrogens with zero attached hydrogens (tertiary/aromatic N) is 1. The van der Waals surface area contributed by atoms with E-state index in [2.05, 4.69) is 0 Å². The van der Waals surface area contributed by atoms with Gasteiger partial charge in [0.15, 0.2) is 0 Å². The van der Waals surface area contributed by atoms with Crippen LogP contribution in [-0.2, 0) is 11.3 Å². The largest absolute Gasteiger partial charge is 0.490 e. The molecule has 0 spiro atoms. The highest BCUT2D eigenvalue weighted by atomic mass is 16.5. The zero-order chi connectivity index (χ0) is 15.4. The number of rotatable bonds is 3. The average Bonchev–Trinajstić information content (AvgIpc) is 2.59. The molecule has 0 saturated heterocycles. The summed E-state index contributed by atoms with van der Waals surface area (Å²) >= 11 is 0. The van der Waals surface area contributed by atoms with E-state index in [0.29, 0.717) is 19.7 Å². The Morgan fingerprint density at radius 2 is 2.05 bits per heavy atom. The van der Waals surface area contributed by atoms with E-state index in [1.165, 1.54) is 0 Å². The molecule has 1 amide bonds. The third-order valence-electron chi connectivity index (χ3n) is 3.61. The molecule has 0 fully saturated rings. The molecule has 1 aliphatic rings. The number of fused-ring (bicyclic) bond motifs is 1. The van der Waals surface area contributed by atoms with Gasteiger partial charge < -0.3 is 15.4 Å². The molecule has 4 nitrogen and oxygen atoms in total. The van der Waals surface area contributed by atoms with Gasteiger partial charge in [-0.05, 0) is 29.3 Å². The maximum atomic E-state index is 12.4. The molecule has 1 heterocycles. The van der Waals surface area contributed by atoms with Crippen LogP contribution in [0.15, 0.2) is 54.6 Å². The van der Waals surface area contributed by atoms with Crippen molar-refractivity contribution < 1.29 is 9.53 Å². The maximum absolute atomic E-state index is 12.4. The van der Waals surface area contributed by atoms with Gasteiger partial charge in [-0.2, -0.15) is 0 Å². The summed E-state index contributed by atoms with van der Waals surface area (Å²) in [7, 11) is 0. The molecule has 0 aliphatic carbocycles. The molecule has 2 N–H and O–H groups in total. The lowest BCUT2D eigenvalue weighted by atomic mass is 10.1. The monoisotopic (exact) mass is 294 g/mol. The van der Waals surface area contributed by atoms with Gasteiger partial charge in [-0.25, -0.2) is 0 Å². The molecule has 4 heteroatoms. The molecule has 112 valence electrons. The molecule has 1 aliphatic heterocycles. The number of hydrogen-bond acceptors (Lipinski definition) is 3. The van der Waals surface area contributed by atoms with E-state index >= 15 is 0 Å². The van der Waals surface area contributed by atoms with Crippen LogP contribution in [0.5, 0.6) is 5.75 Å². The Labute approximate surface area is 129 Å². The summed E-state index contributed by atoms with van der Waals surface area (Å²) in [6.07, 6.45) is 3.42. The van der Waals surface area contributed by atoms with Crippen LogP contribution in [0.4, 0.5) is 5.69 Å². The van der Waals surface area contributed by atoms with Crippen molar-refractivity contribution in [3.63, 3.8) is 0 Å². The highest BCUT2D eigenvalue weighted by Gasteiger charge is 2.22. The Kier molecular flexibility index (Phi) is 4.21. The summed E-state index contributed by atoms with van der Waals surface area (Å²) in [5.41, 5.74) is 8.44.